The van der Waals surface area contributed by atoms with Crippen molar-refractivity contribution < 1.29 is 4.74 Å². The van der Waals surface area contributed by atoms with Gasteiger partial charge in [0.2, 0.25) is 0 Å². The number of fused-ring (bicyclic) bond motifs is 1. The van der Waals surface area contributed by atoms with Crippen molar-refractivity contribution in [3.63, 3.8) is 0 Å². The zero-order chi connectivity index (χ0) is 11.0. The minimum absolute atomic E-state index is 0.891. The van der Waals surface area contributed by atoms with E-state index < -0.39 is 0 Å². The van der Waals surface area contributed by atoms with Crippen LogP contribution < -0.4 is 9.64 Å². The summed E-state index contributed by atoms with van der Waals surface area (Å²) in [5.41, 5.74) is 1.05. The van der Waals surface area contributed by atoms with E-state index in [0.29, 0.717) is 0 Å². The number of benzene rings is 1. The lowest BCUT2D eigenvalue weighted by Crippen LogP contribution is -2.17. The van der Waals surface area contributed by atoms with Gasteiger partial charge in [0.15, 0.2) is 5.13 Å². The summed E-state index contributed by atoms with van der Waals surface area (Å²) in [4.78, 5) is 6.88. The van der Waals surface area contributed by atoms with Gasteiger partial charge in [0.1, 0.15) is 5.75 Å². The predicted molar refractivity (Wildman–Crippen MR) is 67.5 cm³/mol. The summed E-state index contributed by atoms with van der Waals surface area (Å²) in [6, 6.07) is 6.01. The first-order valence-corrected chi connectivity index (χ1v) is 6.03. The summed E-state index contributed by atoms with van der Waals surface area (Å²) >= 11 is 1.72. The van der Waals surface area contributed by atoms with Crippen molar-refractivity contribution in [1.82, 2.24) is 4.98 Å². The number of thiazole rings is 1. The van der Waals surface area contributed by atoms with E-state index in [-0.39, 0.29) is 0 Å². The fraction of sp³-hybridized carbons (Fsp3) is 0.250. The van der Waals surface area contributed by atoms with E-state index in [0.717, 1.165) is 29.5 Å². The van der Waals surface area contributed by atoms with Gasteiger partial charge in [0.05, 0.1) is 17.3 Å². The molecule has 0 aliphatic carbocycles. The number of ether oxygens (including phenoxy) is 1. The van der Waals surface area contributed by atoms with Crippen molar-refractivity contribution in [2.24, 2.45) is 0 Å². The van der Waals surface area contributed by atoms with E-state index in [9.17, 15) is 0 Å². The molecule has 0 unspecified atom stereocenters. The second kappa shape index (κ2) is 3.79. The monoisotopic (exact) mass is 232 g/mol. The van der Waals surface area contributed by atoms with Crippen LogP contribution in [0, 0.1) is 0 Å². The van der Waals surface area contributed by atoms with Crippen LogP contribution in [-0.2, 0) is 0 Å². The molecule has 1 aromatic carbocycles. The molecule has 2 aromatic rings. The number of methoxy groups -OCH3 is 1. The molecule has 16 heavy (non-hydrogen) atoms. The summed E-state index contributed by atoms with van der Waals surface area (Å²) in [7, 11) is 1.69. The normalized spacial score (nSPS) is 14.9. The van der Waals surface area contributed by atoms with E-state index in [1.165, 1.54) is 4.70 Å². The molecule has 0 radical (unpaired) electrons. The Hall–Kier alpha value is -1.55. The Morgan fingerprint density at radius 2 is 2.12 bits per heavy atom. The third kappa shape index (κ3) is 1.55. The smallest absolute Gasteiger partial charge is 0.187 e. The van der Waals surface area contributed by atoms with E-state index in [1.807, 2.05) is 18.2 Å². The second-order valence-corrected chi connectivity index (χ2v) is 4.72. The lowest BCUT2D eigenvalue weighted by Gasteiger charge is -2.11. The SMILES string of the molecule is COc1ccc2nc(N3CC=CC3)sc2c1. The van der Waals surface area contributed by atoms with Crippen LogP contribution in [0.15, 0.2) is 30.4 Å². The zero-order valence-corrected chi connectivity index (χ0v) is 9.83. The molecular weight excluding hydrogens is 220 g/mol. The lowest BCUT2D eigenvalue weighted by molar-refractivity contribution is 0.415. The van der Waals surface area contributed by atoms with Gasteiger partial charge in [0.25, 0.3) is 0 Å². The molecule has 2 heterocycles. The first-order chi connectivity index (χ1) is 7.86. The van der Waals surface area contributed by atoms with Crippen LogP contribution in [0.5, 0.6) is 5.75 Å². The van der Waals surface area contributed by atoms with Gasteiger partial charge in [0, 0.05) is 13.1 Å². The molecule has 0 saturated heterocycles. The summed E-state index contributed by atoms with van der Waals surface area (Å²) in [5.74, 6) is 0.891. The Bertz CT molecular complexity index is 539. The van der Waals surface area contributed by atoms with Crippen LogP contribution in [0.25, 0.3) is 10.2 Å². The molecule has 0 fully saturated rings. The van der Waals surface area contributed by atoms with Gasteiger partial charge < -0.3 is 9.64 Å². The summed E-state index contributed by atoms with van der Waals surface area (Å²) in [5, 5.41) is 1.09. The quantitative estimate of drug-likeness (QED) is 0.744. The number of anilines is 1. The highest BCUT2D eigenvalue weighted by Gasteiger charge is 2.12. The Morgan fingerprint density at radius 3 is 2.88 bits per heavy atom. The average molecular weight is 232 g/mol. The standard InChI is InChI=1S/C12H12N2OS/c1-15-9-4-5-10-11(8-9)16-12(13-10)14-6-2-3-7-14/h2-5,8H,6-7H2,1H3. The van der Waals surface area contributed by atoms with Crippen LogP contribution in [0.3, 0.4) is 0 Å². The van der Waals surface area contributed by atoms with Gasteiger partial charge in [-0.15, -0.1) is 0 Å². The fourth-order valence-electron chi connectivity index (χ4n) is 1.79. The van der Waals surface area contributed by atoms with Gasteiger partial charge >= 0.3 is 0 Å². The molecule has 0 saturated carbocycles. The molecule has 3 rings (SSSR count). The highest BCUT2D eigenvalue weighted by atomic mass is 32.1. The molecule has 3 nitrogen and oxygen atoms in total. The van der Waals surface area contributed by atoms with Gasteiger partial charge in [-0.3, -0.25) is 0 Å². The van der Waals surface area contributed by atoms with Crippen molar-refractivity contribution in [3.05, 3.63) is 30.4 Å². The minimum Gasteiger partial charge on any atom is -0.497 e. The zero-order valence-electron chi connectivity index (χ0n) is 9.01. The van der Waals surface area contributed by atoms with Gasteiger partial charge in [-0.2, -0.15) is 0 Å². The molecule has 0 amide bonds. The van der Waals surface area contributed by atoms with Crippen molar-refractivity contribution in [2.75, 3.05) is 25.1 Å². The Labute approximate surface area is 98.0 Å². The highest BCUT2D eigenvalue weighted by molar-refractivity contribution is 7.22. The first kappa shape index (κ1) is 9.66. The molecule has 0 atom stereocenters. The molecular formula is C12H12N2OS. The lowest BCUT2D eigenvalue weighted by atomic mass is 10.3. The Morgan fingerprint density at radius 1 is 1.31 bits per heavy atom. The van der Waals surface area contributed by atoms with Gasteiger partial charge in [-0.25, -0.2) is 4.98 Å². The fourth-order valence-corrected chi connectivity index (χ4v) is 2.80. The van der Waals surface area contributed by atoms with E-state index in [1.54, 1.807) is 18.4 Å². The van der Waals surface area contributed by atoms with Crippen molar-refractivity contribution in [2.45, 2.75) is 0 Å². The van der Waals surface area contributed by atoms with E-state index in [4.69, 9.17) is 4.74 Å². The summed E-state index contributed by atoms with van der Waals surface area (Å²) in [6.07, 6.45) is 4.35. The molecule has 1 aliphatic rings. The van der Waals surface area contributed by atoms with Crippen LogP contribution in [0.2, 0.25) is 0 Å². The highest BCUT2D eigenvalue weighted by Crippen LogP contribution is 2.31. The number of rotatable bonds is 2. The number of nitrogens with zero attached hydrogens (tertiary/aromatic N) is 2. The Balaban J connectivity index is 2.01. The molecule has 82 valence electrons. The van der Waals surface area contributed by atoms with Crippen molar-refractivity contribution in [1.29, 1.82) is 0 Å². The largest absolute Gasteiger partial charge is 0.497 e. The van der Waals surface area contributed by atoms with Gasteiger partial charge in [-0.05, 0) is 18.2 Å². The number of aromatic nitrogens is 1. The maximum absolute atomic E-state index is 5.21. The molecule has 4 heteroatoms. The van der Waals surface area contributed by atoms with Gasteiger partial charge in [-0.1, -0.05) is 23.5 Å². The maximum Gasteiger partial charge on any atom is 0.187 e. The third-order valence-corrected chi connectivity index (χ3v) is 3.75. The molecule has 1 aromatic heterocycles. The van der Waals surface area contributed by atoms with Crippen LogP contribution >= 0.6 is 11.3 Å². The molecule has 1 aliphatic heterocycles. The molecule has 0 bridgehead atoms. The number of hydrogen-bond acceptors (Lipinski definition) is 4. The first-order valence-electron chi connectivity index (χ1n) is 5.21. The van der Waals surface area contributed by atoms with Crippen molar-refractivity contribution in [3.8, 4) is 5.75 Å². The predicted octanol–water partition coefficient (Wildman–Crippen LogP) is 2.68. The average Bonchev–Trinajstić information content (AvgIpc) is 2.96. The topological polar surface area (TPSA) is 25.4 Å². The summed E-state index contributed by atoms with van der Waals surface area (Å²) < 4.78 is 6.39. The molecule has 0 spiro atoms. The Kier molecular flexibility index (Phi) is 2.29. The van der Waals surface area contributed by atoms with Crippen LogP contribution in [0.1, 0.15) is 0 Å². The van der Waals surface area contributed by atoms with E-state index >= 15 is 0 Å². The maximum atomic E-state index is 5.21. The minimum atomic E-state index is 0.891. The summed E-state index contributed by atoms with van der Waals surface area (Å²) in [6.45, 7) is 1.94. The van der Waals surface area contributed by atoms with Crippen LogP contribution in [0.4, 0.5) is 5.13 Å². The van der Waals surface area contributed by atoms with Crippen LogP contribution in [-0.4, -0.2) is 25.2 Å². The van der Waals surface area contributed by atoms with Crippen molar-refractivity contribution >= 4 is 26.7 Å². The third-order valence-electron chi connectivity index (χ3n) is 2.67. The number of hydrogen-bond donors (Lipinski definition) is 0. The second-order valence-electron chi connectivity index (χ2n) is 3.71. The van der Waals surface area contributed by atoms with E-state index in [2.05, 4.69) is 22.0 Å². The molecule has 0 N–H and O–H groups in total.